The SMILES string of the molecule is CC(C)CCCCCC(=O)N(CCC(=O)O)CC[N+](CCNCCC(=O)O)(CCC(=O)O)CCC(=O)O. The molecule has 0 radical (unpaired) electrons. The highest BCUT2D eigenvalue weighted by atomic mass is 16.4. The molecule has 0 bridgehead atoms. The number of unbranched alkanes of at least 4 members (excludes halogenated alkanes) is 2. The van der Waals surface area contributed by atoms with Crippen molar-refractivity contribution in [2.75, 3.05) is 52.4 Å². The van der Waals surface area contributed by atoms with Crippen molar-refractivity contribution in [1.82, 2.24) is 10.2 Å². The van der Waals surface area contributed by atoms with E-state index in [0.717, 1.165) is 19.3 Å². The maximum absolute atomic E-state index is 12.9. The number of carboxylic acid groups (broad SMARTS) is 4. The van der Waals surface area contributed by atoms with Crippen LogP contribution < -0.4 is 5.32 Å². The molecule has 0 aromatic rings. The van der Waals surface area contributed by atoms with Gasteiger partial charge in [-0.05, 0) is 12.3 Å². The Morgan fingerprint density at radius 3 is 1.73 bits per heavy atom. The second kappa shape index (κ2) is 19.4. The Morgan fingerprint density at radius 2 is 1.22 bits per heavy atom. The quantitative estimate of drug-likeness (QED) is 0.0907. The van der Waals surface area contributed by atoms with E-state index < -0.39 is 23.9 Å². The lowest BCUT2D eigenvalue weighted by atomic mass is 10.0. The molecule has 0 aliphatic heterocycles. The molecule has 0 unspecified atom stereocenters. The minimum Gasteiger partial charge on any atom is -0.481 e. The maximum Gasteiger partial charge on any atom is 0.309 e. The van der Waals surface area contributed by atoms with E-state index >= 15 is 0 Å². The normalized spacial score (nSPS) is 11.4. The first kappa shape index (κ1) is 34.3. The van der Waals surface area contributed by atoms with Crippen molar-refractivity contribution in [2.45, 2.75) is 71.6 Å². The van der Waals surface area contributed by atoms with Crippen LogP contribution in [0.5, 0.6) is 0 Å². The van der Waals surface area contributed by atoms with Gasteiger partial charge in [0.05, 0.1) is 58.4 Å². The molecule has 1 amide bonds. The van der Waals surface area contributed by atoms with Crippen molar-refractivity contribution >= 4 is 29.8 Å². The van der Waals surface area contributed by atoms with Gasteiger partial charge in [0.25, 0.3) is 0 Å². The average molecular weight is 533 g/mol. The van der Waals surface area contributed by atoms with Gasteiger partial charge in [-0.2, -0.15) is 0 Å². The van der Waals surface area contributed by atoms with Crippen molar-refractivity contribution in [3.05, 3.63) is 0 Å². The van der Waals surface area contributed by atoms with Crippen LogP contribution in [-0.4, -0.2) is 112 Å². The summed E-state index contributed by atoms with van der Waals surface area (Å²) >= 11 is 0. The van der Waals surface area contributed by atoms with Crippen LogP contribution in [0, 0.1) is 5.92 Å². The van der Waals surface area contributed by atoms with Crippen molar-refractivity contribution in [3.63, 3.8) is 0 Å². The summed E-state index contributed by atoms with van der Waals surface area (Å²) in [5.74, 6) is -3.63. The van der Waals surface area contributed by atoms with Gasteiger partial charge in [0.2, 0.25) is 5.91 Å². The van der Waals surface area contributed by atoms with Gasteiger partial charge in [-0.1, -0.05) is 33.1 Å². The number of rotatable bonds is 24. The van der Waals surface area contributed by atoms with Gasteiger partial charge in [-0.25, -0.2) is 0 Å². The first-order valence-corrected chi connectivity index (χ1v) is 13.1. The first-order chi connectivity index (χ1) is 17.4. The predicted molar refractivity (Wildman–Crippen MR) is 136 cm³/mol. The Hall–Kier alpha value is -2.73. The Bertz CT molecular complexity index is 710. The number of quaternary nitrogens is 1. The Labute approximate surface area is 219 Å². The Morgan fingerprint density at radius 1 is 0.649 bits per heavy atom. The third kappa shape index (κ3) is 19.1. The van der Waals surface area contributed by atoms with Gasteiger partial charge in [-0.15, -0.1) is 0 Å². The van der Waals surface area contributed by atoms with E-state index in [2.05, 4.69) is 19.2 Å². The van der Waals surface area contributed by atoms with E-state index in [1.54, 1.807) is 0 Å². The van der Waals surface area contributed by atoms with Gasteiger partial charge in [0.15, 0.2) is 0 Å². The Kier molecular flexibility index (Phi) is 18.0. The van der Waals surface area contributed by atoms with Gasteiger partial charge in [-0.3, -0.25) is 24.0 Å². The molecule has 0 aliphatic rings. The van der Waals surface area contributed by atoms with E-state index in [1.807, 2.05) is 0 Å². The molecule has 0 aliphatic carbocycles. The number of carbonyl (C=O) groups is 5. The van der Waals surface area contributed by atoms with Gasteiger partial charge >= 0.3 is 23.9 Å². The predicted octanol–water partition coefficient (Wildman–Crippen LogP) is 1.73. The molecule has 214 valence electrons. The van der Waals surface area contributed by atoms with Crippen molar-refractivity contribution in [3.8, 4) is 0 Å². The zero-order valence-electron chi connectivity index (χ0n) is 22.3. The summed E-state index contributed by atoms with van der Waals surface area (Å²) in [5.41, 5.74) is 0. The largest absolute Gasteiger partial charge is 0.481 e. The third-order valence-corrected chi connectivity index (χ3v) is 6.34. The highest BCUT2D eigenvalue weighted by molar-refractivity contribution is 5.77. The number of hydrogen-bond donors (Lipinski definition) is 5. The van der Waals surface area contributed by atoms with Gasteiger partial charge < -0.3 is 35.1 Å². The summed E-state index contributed by atoms with van der Waals surface area (Å²) in [5, 5.41) is 39.5. The summed E-state index contributed by atoms with van der Waals surface area (Å²) in [6.45, 7) is 5.91. The van der Waals surface area contributed by atoms with Crippen LogP contribution >= 0.6 is 0 Å². The second-order valence-corrected chi connectivity index (χ2v) is 9.93. The highest BCUT2D eigenvalue weighted by Crippen LogP contribution is 2.14. The number of carbonyl (C=O) groups excluding carboxylic acids is 1. The summed E-state index contributed by atoms with van der Waals surface area (Å²) < 4.78 is 0.101. The zero-order valence-corrected chi connectivity index (χ0v) is 22.3. The van der Waals surface area contributed by atoms with Crippen LogP contribution in [-0.2, 0) is 24.0 Å². The lowest BCUT2D eigenvalue weighted by Gasteiger charge is -2.40. The summed E-state index contributed by atoms with van der Waals surface area (Å²) in [6.07, 6.45) is 3.26. The van der Waals surface area contributed by atoms with Crippen LogP contribution in [0.1, 0.15) is 71.6 Å². The fourth-order valence-electron chi connectivity index (χ4n) is 4.06. The third-order valence-electron chi connectivity index (χ3n) is 6.34. The number of amides is 1. The standard InChI is InChI=1S/C25H45N3O9/c1-20(2)6-4-3-5-7-21(29)27(14-9-23(32)33)15-19-28(16-10-24(34)35,17-11-25(36)37)18-13-26-12-8-22(30)31/h20,26H,3-19H2,1-2H3,(H3-,30,31,32,33,34,35,36,37)/p+1. The molecule has 0 heterocycles. The van der Waals surface area contributed by atoms with Crippen molar-refractivity contribution in [1.29, 1.82) is 0 Å². The number of aliphatic carboxylic acids is 4. The van der Waals surface area contributed by atoms with Gasteiger partial charge in [0.1, 0.15) is 0 Å². The summed E-state index contributed by atoms with van der Waals surface area (Å²) in [7, 11) is 0. The van der Waals surface area contributed by atoms with E-state index in [0.29, 0.717) is 31.8 Å². The molecule has 12 nitrogen and oxygen atoms in total. The smallest absolute Gasteiger partial charge is 0.309 e. The maximum atomic E-state index is 12.9. The molecular formula is C25H46N3O9+. The number of nitrogens with zero attached hydrogens (tertiary/aromatic N) is 2. The molecule has 0 fully saturated rings. The van der Waals surface area contributed by atoms with E-state index in [1.165, 1.54) is 4.90 Å². The number of nitrogens with one attached hydrogen (secondary N) is 1. The van der Waals surface area contributed by atoms with Crippen LogP contribution in [0.3, 0.4) is 0 Å². The molecule has 0 saturated carbocycles. The lowest BCUT2D eigenvalue weighted by molar-refractivity contribution is -0.925. The van der Waals surface area contributed by atoms with Crippen LogP contribution in [0.25, 0.3) is 0 Å². The molecule has 0 aromatic carbocycles. The molecule has 5 N–H and O–H groups in total. The van der Waals surface area contributed by atoms with Crippen molar-refractivity contribution in [2.24, 2.45) is 5.92 Å². The van der Waals surface area contributed by atoms with E-state index in [-0.39, 0.29) is 75.3 Å². The topological polar surface area (TPSA) is 182 Å². The number of hydrogen-bond acceptors (Lipinski definition) is 6. The van der Waals surface area contributed by atoms with Crippen LogP contribution in [0.4, 0.5) is 0 Å². The van der Waals surface area contributed by atoms with E-state index in [4.69, 9.17) is 10.2 Å². The van der Waals surface area contributed by atoms with Crippen LogP contribution in [0.2, 0.25) is 0 Å². The molecule has 0 spiro atoms. The van der Waals surface area contributed by atoms with E-state index in [9.17, 15) is 34.2 Å². The minimum atomic E-state index is -1.03. The minimum absolute atomic E-state index is 0.0227. The molecule has 37 heavy (non-hydrogen) atoms. The zero-order chi connectivity index (χ0) is 28.3. The average Bonchev–Trinajstić information content (AvgIpc) is 2.79. The molecule has 0 rings (SSSR count). The van der Waals surface area contributed by atoms with Crippen molar-refractivity contribution < 1.29 is 48.9 Å². The molecule has 0 atom stereocenters. The highest BCUT2D eigenvalue weighted by Gasteiger charge is 2.30. The first-order valence-electron chi connectivity index (χ1n) is 13.1. The summed E-state index contributed by atoms with van der Waals surface area (Å²) in [6, 6.07) is 0. The fourth-order valence-corrected chi connectivity index (χ4v) is 4.06. The monoisotopic (exact) mass is 532 g/mol. The Balaban J connectivity index is 5.44. The molecule has 0 aromatic heterocycles. The second-order valence-electron chi connectivity index (χ2n) is 9.93. The van der Waals surface area contributed by atoms with Crippen LogP contribution in [0.15, 0.2) is 0 Å². The van der Waals surface area contributed by atoms with Gasteiger partial charge in [0, 0.05) is 26.1 Å². The number of carboxylic acids is 4. The molecule has 0 saturated heterocycles. The summed E-state index contributed by atoms with van der Waals surface area (Å²) in [4.78, 5) is 59.0. The fraction of sp³-hybridized carbons (Fsp3) is 0.800. The molecular weight excluding hydrogens is 486 g/mol. The lowest BCUT2D eigenvalue weighted by Crippen LogP contribution is -2.57. The molecule has 12 heteroatoms.